The third-order valence-corrected chi connectivity index (χ3v) is 3.57. The van der Waals surface area contributed by atoms with Crippen LogP contribution in [-0.2, 0) is 4.79 Å². The zero-order chi connectivity index (χ0) is 13.1. The van der Waals surface area contributed by atoms with Crippen LogP contribution in [0, 0.1) is 5.92 Å². The molecule has 1 unspecified atom stereocenters. The van der Waals surface area contributed by atoms with Crippen molar-refractivity contribution < 1.29 is 9.90 Å². The lowest BCUT2D eigenvalue weighted by atomic mass is 9.91. The average molecular weight is 242 g/mol. The number of nitrogens with one attached hydrogen (secondary N) is 1. The van der Waals surface area contributed by atoms with E-state index in [1.807, 2.05) is 13.8 Å². The molecule has 1 aliphatic rings. The number of aliphatic carboxylic acids is 1. The van der Waals surface area contributed by atoms with Crippen molar-refractivity contribution in [2.75, 3.05) is 19.6 Å². The highest BCUT2D eigenvalue weighted by Crippen LogP contribution is 2.40. The normalized spacial score (nSPS) is 19.6. The molecule has 0 bridgehead atoms. The van der Waals surface area contributed by atoms with Crippen molar-refractivity contribution in [1.29, 1.82) is 0 Å². The van der Waals surface area contributed by atoms with Gasteiger partial charge in [-0.2, -0.15) is 0 Å². The van der Waals surface area contributed by atoms with Gasteiger partial charge in [-0.25, -0.2) is 0 Å². The molecule has 1 atom stereocenters. The fraction of sp³-hybridized carbons (Fsp3) is 0.923. The first kappa shape index (κ1) is 14.5. The van der Waals surface area contributed by atoms with Gasteiger partial charge in [-0.1, -0.05) is 13.8 Å². The molecule has 0 spiro atoms. The number of carboxylic acid groups (broad SMARTS) is 1. The summed E-state index contributed by atoms with van der Waals surface area (Å²) in [6, 6.07) is 0.197. The molecule has 1 rings (SSSR count). The second-order valence-electron chi connectivity index (χ2n) is 5.31. The van der Waals surface area contributed by atoms with Crippen LogP contribution in [0.25, 0.3) is 0 Å². The van der Waals surface area contributed by atoms with E-state index in [0.717, 1.165) is 25.9 Å². The van der Waals surface area contributed by atoms with Crippen LogP contribution in [0.15, 0.2) is 0 Å². The van der Waals surface area contributed by atoms with E-state index in [0.29, 0.717) is 12.5 Å². The van der Waals surface area contributed by atoms with Crippen LogP contribution in [0.3, 0.4) is 0 Å². The molecule has 1 saturated carbocycles. The third kappa shape index (κ3) is 3.42. The molecule has 2 N–H and O–H groups in total. The summed E-state index contributed by atoms with van der Waals surface area (Å²) in [5.41, 5.74) is -0.750. The number of likely N-dealkylation sites (N-methyl/N-ethyl adjacent to an activating group) is 1. The van der Waals surface area contributed by atoms with Gasteiger partial charge in [0.1, 0.15) is 5.54 Å². The van der Waals surface area contributed by atoms with Gasteiger partial charge in [0.25, 0.3) is 0 Å². The summed E-state index contributed by atoms with van der Waals surface area (Å²) in [4.78, 5) is 13.9. The molecular weight excluding hydrogens is 216 g/mol. The van der Waals surface area contributed by atoms with Gasteiger partial charge in [-0.05, 0) is 45.7 Å². The summed E-state index contributed by atoms with van der Waals surface area (Å²) < 4.78 is 0. The van der Waals surface area contributed by atoms with Gasteiger partial charge in [0.15, 0.2) is 0 Å². The Kier molecular flexibility index (Phi) is 4.95. The number of hydrogen-bond donors (Lipinski definition) is 2. The summed E-state index contributed by atoms with van der Waals surface area (Å²) in [5, 5.41) is 12.9. The van der Waals surface area contributed by atoms with E-state index < -0.39 is 11.5 Å². The van der Waals surface area contributed by atoms with Crippen molar-refractivity contribution in [3.63, 3.8) is 0 Å². The van der Waals surface area contributed by atoms with Crippen molar-refractivity contribution in [1.82, 2.24) is 10.2 Å². The molecule has 4 heteroatoms. The third-order valence-electron chi connectivity index (χ3n) is 3.57. The maximum atomic E-state index is 11.7. The van der Waals surface area contributed by atoms with Crippen molar-refractivity contribution in [3.05, 3.63) is 0 Å². The topological polar surface area (TPSA) is 52.6 Å². The van der Waals surface area contributed by atoms with Crippen LogP contribution in [0.2, 0.25) is 0 Å². The highest BCUT2D eigenvalue weighted by molar-refractivity contribution is 5.80. The van der Waals surface area contributed by atoms with E-state index in [1.54, 1.807) is 0 Å². The van der Waals surface area contributed by atoms with Crippen LogP contribution in [0.4, 0.5) is 0 Å². The number of hydrogen-bond acceptors (Lipinski definition) is 3. The molecule has 0 saturated heterocycles. The molecule has 0 amide bonds. The molecule has 100 valence electrons. The van der Waals surface area contributed by atoms with Crippen LogP contribution < -0.4 is 5.32 Å². The van der Waals surface area contributed by atoms with Gasteiger partial charge in [0.05, 0.1) is 0 Å². The van der Waals surface area contributed by atoms with E-state index in [9.17, 15) is 9.90 Å². The highest BCUT2D eigenvalue weighted by atomic mass is 16.4. The molecule has 1 fully saturated rings. The van der Waals surface area contributed by atoms with E-state index in [1.165, 1.54) is 0 Å². The Hall–Kier alpha value is -0.610. The second-order valence-corrected chi connectivity index (χ2v) is 5.31. The van der Waals surface area contributed by atoms with Crippen molar-refractivity contribution in [3.8, 4) is 0 Å². The molecule has 0 heterocycles. The first-order chi connectivity index (χ1) is 7.96. The van der Waals surface area contributed by atoms with Crippen LogP contribution in [-0.4, -0.2) is 47.2 Å². The first-order valence-corrected chi connectivity index (χ1v) is 6.69. The number of rotatable bonds is 8. The van der Waals surface area contributed by atoms with E-state index in [4.69, 9.17) is 0 Å². The Morgan fingerprint density at radius 2 is 1.94 bits per heavy atom. The van der Waals surface area contributed by atoms with Gasteiger partial charge >= 0.3 is 5.97 Å². The summed E-state index contributed by atoms with van der Waals surface area (Å²) in [6.07, 6.45) is 2.07. The molecule has 0 aromatic carbocycles. The van der Waals surface area contributed by atoms with Gasteiger partial charge in [-0.3, -0.25) is 10.1 Å². The molecule has 1 aliphatic carbocycles. The Bertz CT molecular complexity index is 260. The lowest BCUT2D eigenvalue weighted by molar-refractivity contribution is -0.147. The number of carbonyl (C=O) groups is 1. The Labute approximate surface area is 104 Å². The predicted octanol–water partition coefficient (Wildman–Crippen LogP) is 1.56. The smallest absolute Gasteiger partial charge is 0.325 e. The Balaban J connectivity index is 2.85. The average Bonchev–Trinajstić information content (AvgIpc) is 3.07. The van der Waals surface area contributed by atoms with Gasteiger partial charge in [0.2, 0.25) is 0 Å². The standard InChI is InChI=1S/C13H26N2O2/c1-5-15(6-2)9-13(12(16)17,11-7-8-11)14-10(3)4/h10-11,14H,5-9H2,1-4H3,(H,16,17). The largest absolute Gasteiger partial charge is 0.480 e. The van der Waals surface area contributed by atoms with Crippen molar-refractivity contribution >= 4 is 5.97 Å². The molecule has 0 aliphatic heterocycles. The highest BCUT2D eigenvalue weighted by Gasteiger charge is 2.51. The number of carboxylic acids is 1. The van der Waals surface area contributed by atoms with Crippen LogP contribution in [0.1, 0.15) is 40.5 Å². The minimum absolute atomic E-state index is 0.197. The molecular formula is C13H26N2O2. The van der Waals surface area contributed by atoms with Crippen LogP contribution in [0.5, 0.6) is 0 Å². The van der Waals surface area contributed by atoms with E-state index >= 15 is 0 Å². The first-order valence-electron chi connectivity index (χ1n) is 6.69. The predicted molar refractivity (Wildman–Crippen MR) is 69.2 cm³/mol. The zero-order valence-electron chi connectivity index (χ0n) is 11.5. The SMILES string of the molecule is CCN(CC)CC(NC(C)C)(C(=O)O)C1CC1. The molecule has 0 radical (unpaired) electrons. The minimum atomic E-state index is -0.750. The molecule has 0 aromatic rings. The van der Waals surface area contributed by atoms with Crippen molar-refractivity contribution in [2.45, 2.75) is 52.1 Å². The fourth-order valence-electron chi connectivity index (χ4n) is 2.49. The molecule has 4 nitrogen and oxygen atoms in total. The fourth-order valence-corrected chi connectivity index (χ4v) is 2.49. The van der Waals surface area contributed by atoms with E-state index in [-0.39, 0.29) is 6.04 Å². The zero-order valence-corrected chi connectivity index (χ0v) is 11.5. The van der Waals surface area contributed by atoms with Gasteiger partial charge in [0, 0.05) is 12.6 Å². The lowest BCUT2D eigenvalue weighted by Crippen LogP contribution is -2.62. The molecule has 0 aromatic heterocycles. The molecule has 17 heavy (non-hydrogen) atoms. The summed E-state index contributed by atoms with van der Waals surface area (Å²) in [7, 11) is 0. The Morgan fingerprint density at radius 3 is 2.24 bits per heavy atom. The maximum Gasteiger partial charge on any atom is 0.325 e. The quantitative estimate of drug-likeness (QED) is 0.678. The lowest BCUT2D eigenvalue weighted by Gasteiger charge is -2.37. The Morgan fingerprint density at radius 1 is 1.41 bits per heavy atom. The van der Waals surface area contributed by atoms with Gasteiger partial charge in [-0.15, -0.1) is 0 Å². The minimum Gasteiger partial charge on any atom is -0.480 e. The summed E-state index contributed by atoms with van der Waals surface area (Å²) in [5.74, 6) is -0.399. The summed E-state index contributed by atoms with van der Waals surface area (Å²) in [6.45, 7) is 10.6. The van der Waals surface area contributed by atoms with Crippen molar-refractivity contribution in [2.24, 2.45) is 5.92 Å². The second kappa shape index (κ2) is 5.83. The monoisotopic (exact) mass is 242 g/mol. The van der Waals surface area contributed by atoms with Crippen LogP contribution >= 0.6 is 0 Å². The van der Waals surface area contributed by atoms with E-state index in [2.05, 4.69) is 24.1 Å². The summed E-state index contributed by atoms with van der Waals surface area (Å²) >= 11 is 0. The number of nitrogens with zero attached hydrogens (tertiary/aromatic N) is 1. The van der Waals surface area contributed by atoms with Gasteiger partial charge < -0.3 is 10.0 Å². The maximum absolute atomic E-state index is 11.7.